The number of ether oxygens (including phenoxy) is 1. The van der Waals surface area contributed by atoms with E-state index in [1.165, 1.54) is 11.8 Å². The second-order valence-corrected chi connectivity index (χ2v) is 4.60. The third-order valence-corrected chi connectivity index (χ3v) is 2.92. The highest BCUT2D eigenvalue weighted by atomic mass is 32.2. The molecule has 94 valence electrons. The maximum absolute atomic E-state index is 11.2. The summed E-state index contributed by atoms with van der Waals surface area (Å²) >= 11 is 1.48. The van der Waals surface area contributed by atoms with E-state index in [1.54, 1.807) is 19.3 Å². The zero-order chi connectivity index (χ0) is 12.7. The molecule has 17 heavy (non-hydrogen) atoms. The molecule has 0 aliphatic heterocycles. The minimum absolute atomic E-state index is 0.349. The molecule has 0 amide bonds. The van der Waals surface area contributed by atoms with Gasteiger partial charge in [-0.2, -0.15) is 0 Å². The molecule has 5 nitrogen and oxygen atoms in total. The van der Waals surface area contributed by atoms with Crippen molar-refractivity contribution in [2.75, 3.05) is 12.4 Å². The third-order valence-electron chi connectivity index (χ3n) is 2.01. The lowest BCUT2D eigenvalue weighted by atomic mass is 10.2. The molecule has 0 bridgehead atoms. The molecule has 2 N–H and O–H groups in total. The maximum Gasteiger partial charge on any atom is 0.322 e. The lowest BCUT2D eigenvalue weighted by molar-refractivity contribution is -0.144. The standard InChI is InChI=1S/C11H17N3O2S/c1-3-16-10(15)9(12)4-5-17-11-13-6-8(2)7-14-11/h6-7,9H,3-5,12H2,1-2H3. The maximum atomic E-state index is 11.2. The minimum atomic E-state index is -0.562. The first kappa shape index (κ1) is 13.9. The molecule has 1 heterocycles. The molecule has 1 rings (SSSR count). The number of nitrogens with two attached hydrogens (primary N) is 1. The van der Waals surface area contributed by atoms with Crippen LogP contribution in [0.3, 0.4) is 0 Å². The quantitative estimate of drug-likeness (QED) is 0.467. The van der Waals surface area contributed by atoms with Crippen molar-refractivity contribution in [3.63, 3.8) is 0 Å². The Bertz CT molecular complexity index is 356. The van der Waals surface area contributed by atoms with Crippen molar-refractivity contribution in [1.29, 1.82) is 0 Å². The van der Waals surface area contributed by atoms with Crippen molar-refractivity contribution in [1.82, 2.24) is 9.97 Å². The summed E-state index contributed by atoms with van der Waals surface area (Å²) in [6.45, 7) is 4.06. The van der Waals surface area contributed by atoms with Crippen LogP contribution in [-0.2, 0) is 9.53 Å². The average Bonchev–Trinajstić information content (AvgIpc) is 2.32. The van der Waals surface area contributed by atoms with Gasteiger partial charge in [-0.15, -0.1) is 0 Å². The Balaban J connectivity index is 2.27. The monoisotopic (exact) mass is 255 g/mol. The summed E-state index contributed by atoms with van der Waals surface area (Å²) in [6.07, 6.45) is 4.09. The number of hydrogen-bond donors (Lipinski definition) is 1. The van der Waals surface area contributed by atoms with Crippen LogP contribution >= 0.6 is 11.8 Å². The summed E-state index contributed by atoms with van der Waals surface area (Å²) < 4.78 is 4.82. The molecule has 0 spiro atoms. The second kappa shape index (κ2) is 7.24. The Kier molecular flexibility index (Phi) is 5.93. The van der Waals surface area contributed by atoms with E-state index in [1.807, 2.05) is 6.92 Å². The van der Waals surface area contributed by atoms with Crippen LogP contribution in [0.2, 0.25) is 0 Å². The Morgan fingerprint density at radius 2 is 2.18 bits per heavy atom. The molecule has 0 aliphatic carbocycles. The summed E-state index contributed by atoms with van der Waals surface area (Å²) in [5, 5.41) is 0.701. The zero-order valence-electron chi connectivity index (χ0n) is 10.0. The molecule has 0 fully saturated rings. The van der Waals surface area contributed by atoms with Gasteiger partial charge >= 0.3 is 5.97 Å². The lowest BCUT2D eigenvalue weighted by Gasteiger charge is -2.09. The number of aryl methyl sites for hydroxylation is 1. The van der Waals surface area contributed by atoms with Crippen molar-refractivity contribution < 1.29 is 9.53 Å². The third kappa shape index (κ3) is 5.14. The molecule has 1 aromatic heterocycles. The van der Waals surface area contributed by atoms with E-state index >= 15 is 0 Å². The number of thioether (sulfide) groups is 1. The molecule has 0 saturated carbocycles. The predicted molar refractivity (Wildman–Crippen MR) is 66.7 cm³/mol. The van der Waals surface area contributed by atoms with E-state index in [9.17, 15) is 4.79 Å². The molecule has 0 aromatic carbocycles. The van der Waals surface area contributed by atoms with Crippen molar-refractivity contribution in [2.24, 2.45) is 5.73 Å². The van der Waals surface area contributed by atoms with Gasteiger partial charge in [0.25, 0.3) is 0 Å². The molecule has 6 heteroatoms. The first-order valence-corrected chi connectivity index (χ1v) is 6.45. The highest BCUT2D eigenvalue weighted by Gasteiger charge is 2.14. The SMILES string of the molecule is CCOC(=O)C(N)CCSc1ncc(C)cn1. The fourth-order valence-electron chi connectivity index (χ4n) is 1.10. The molecule has 1 aromatic rings. The van der Waals surface area contributed by atoms with E-state index in [0.717, 1.165) is 5.56 Å². The van der Waals surface area contributed by atoms with Gasteiger partial charge in [-0.05, 0) is 25.8 Å². The van der Waals surface area contributed by atoms with Gasteiger partial charge in [0, 0.05) is 18.1 Å². The number of esters is 1. The molecule has 1 unspecified atom stereocenters. The van der Waals surface area contributed by atoms with Crippen molar-refractivity contribution >= 4 is 17.7 Å². The van der Waals surface area contributed by atoms with Crippen LogP contribution in [0.4, 0.5) is 0 Å². The second-order valence-electron chi connectivity index (χ2n) is 3.54. The van der Waals surface area contributed by atoms with Gasteiger partial charge in [0.05, 0.1) is 6.61 Å². The number of aromatic nitrogens is 2. The number of nitrogens with zero attached hydrogens (tertiary/aromatic N) is 2. The fourth-order valence-corrected chi connectivity index (χ4v) is 1.91. The number of carbonyl (C=O) groups excluding carboxylic acids is 1. The topological polar surface area (TPSA) is 78.1 Å². The van der Waals surface area contributed by atoms with Crippen LogP contribution in [0.25, 0.3) is 0 Å². The summed E-state index contributed by atoms with van der Waals surface area (Å²) in [5.74, 6) is 0.348. The highest BCUT2D eigenvalue weighted by Crippen LogP contribution is 2.13. The number of hydrogen-bond acceptors (Lipinski definition) is 6. The fraction of sp³-hybridized carbons (Fsp3) is 0.545. The van der Waals surface area contributed by atoms with Crippen LogP contribution in [0, 0.1) is 6.92 Å². The molecular weight excluding hydrogens is 238 g/mol. The Labute approximate surface area is 105 Å². The largest absolute Gasteiger partial charge is 0.465 e. The molecule has 0 saturated heterocycles. The Morgan fingerprint density at radius 3 is 2.76 bits per heavy atom. The van der Waals surface area contributed by atoms with Gasteiger partial charge in [0.1, 0.15) is 6.04 Å². The van der Waals surface area contributed by atoms with Crippen LogP contribution in [0.15, 0.2) is 17.6 Å². The Hall–Kier alpha value is -1.14. The zero-order valence-corrected chi connectivity index (χ0v) is 10.9. The summed E-state index contributed by atoms with van der Waals surface area (Å²) in [5.41, 5.74) is 6.69. The van der Waals surface area contributed by atoms with Crippen LogP contribution in [0.1, 0.15) is 18.9 Å². The highest BCUT2D eigenvalue weighted by molar-refractivity contribution is 7.99. The molecule has 0 aliphatic rings. The summed E-state index contributed by atoms with van der Waals surface area (Å²) in [4.78, 5) is 19.5. The number of rotatable bonds is 6. The molecule has 0 radical (unpaired) electrons. The van der Waals surface area contributed by atoms with E-state index in [4.69, 9.17) is 10.5 Å². The summed E-state index contributed by atoms with van der Waals surface area (Å²) in [7, 11) is 0. The van der Waals surface area contributed by atoms with Gasteiger partial charge < -0.3 is 10.5 Å². The van der Waals surface area contributed by atoms with Gasteiger partial charge in [-0.1, -0.05) is 11.8 Å². The number of carbonyl (C=O) groups is 1. The first-order valence-electron chi connectivity index (χ1n) is 5.47. The van der Waals surface area contributed by atoms with Crippen LogP contribution in [-0.4, -0.2) is 34.3 Å². The molecular formula is C11H17N3O2S. The minimum Gasteiger partial charge on any atom is -0.465 e. The normalized spacial score (nSPS) is 12.2. The first-order chi connectivity index (χ1) is 8.13. The van der Waals surface area contributed by atoms with E-state index in [2.05, 4.69) is 9.97 Å². The van der Waals surface area contributed by atoms with Crippen molar-refractivity contribution in [2.45, 2.75) is 31.5 Å². The lowest BCUT2D eigenvalue weighted by Crippen LogP contribution is -2.32. The smallest absolute Gasteiger partial charge is 0.322 e. The van der Waals surface area contributed by atoms with Crippen LogP contribution in [0.5, 0.6) is 0 Å². The van der Waals surface area contributed by atoms with Crippen molar-refractivity contribution in [3.8, 4) is 0 Å². The average molecular weight is 255 g/mol. The van der Waals surface area contributed by atoms with E-state index in [-0.39, 0.29) is 5.97 Å². The van der Waals surface area contributed by atoms with Gasteiger partial charge in [0.2, 0.25) is 0 Å². The van der Waals surface area contributed by atoms with Gasteiger partial charge in [0.15, 0.2) is 5.16 Å². The van der Waals surface area contributed by atoms with E-state index < -0.39 is 6.04 Å². The van der Waals surface area contributed by atoms with Gasteiger partial charge in [-0.3, -0.25) is 4.79 Å². The van der Waals surface area contributed by atoms with Crippen LogP contribution < -0.4 is 5.73 Å². The van der Waals surface area contributed by atoms with Crippen molar-refractivity contribution in [3.05, 3.63) is 18.0 Å². The molecule has 1 atom stereocenters. The summed E-state index contributed by atoms with van der Waals surface area (Å²) in [6, 6.07) is -0.562. The Morgan fingerprint density at radius 1 is 1.53 bits per heavy atom. The van der Waals surface area contributed by atoms with Gasteiger partial charge in [-0.25, -0.2) is 9.97 Å². The predicted octanol–water partition coefficient (Wildman–Crippen LogP) is 1.16. The van der Waals surface area contributed by atoms with E-state index in [0.29, 0.717) is 23.9 Å².